The molecule has 20 heavy (non-hydrogen) atoms. The summed E-state index contributed by atoms with van der Waals surface area (Å²) in [6.45, 7) is 6.98. The molecule has 0 radical (unpaired) electrons. The number of amides is 3. The zero-order chi connectivity index (χ0) is 14.8. The number of hydrogen-bond acceptors (Lipinski definition) is 2. The summed E-state index contributed by atoms with van der Waals surface area (Å²) in [6.07, 6.45) is 0.330. The van der Waals surface area contributed by atoms with Gasteiger partial charge in [-0.3, -0.25) is 15.0 Å². The predicted molar refractivity (Wildman–Crippen MR) is 82.2 cm³/mol. The van der Waals surface area contributed by atoms with Crippen LogP contribution in [0.2, 0.25) is 19.6 Å². The van der Waals surface area contributed by atoms with Gasteiger partial charge in [-0.1, -0.05) is 31.6 Å². The maximum atomic E-state index is 11.8. The molecule has 0 spiro atoms. The summed E-state index contributed by atoms with van der Waals surface area (Å²) in [5.41, 5.74) is 4.98. The Hall–Kier alpha value is -2.06. The first kappa shape index (κ1) is 14.3. The number of carbonyl (C=O) groups excluding carboxylic acids is 2. The number of imide groups is 1. The van der Waals surface area contributed by atoms with Crippen LogP contribution in [0, 0.1) is 11.5 Å². The van der Waals surface area contributed by atoms with E-state index in [4.69, 9.17) is 0 Å². The van der Waals surface area contributed by atoms with E-state index in [1.807, 2.05) is 24.3 Å². The fourth-order valence-electron chi connectivity index (χ4n) is 1.82. The molecule has 1 N–H and O–H groups in total. The summed E-state index contributed by atoms with van der Waals surface area (Å²) in [4.78, 5) is 24.5. The van der Waals surface area contributed by atoms with E-state index in [-0.39, 0.29) is 11.9 Å². The lowest BCUT2D eigenvalue weighted by atomic mass is 10.2. The van der Waals surface area contributed by atoms with Gasteiger partial charge in [-0.05, 0) is 18.2 Å². The highest BCUT2D eigenvalue weighted by atomic mass is 28.3. The lowest BCUT2D eigenvalue weighted by Gasteiger charge is -2.26. The number of rotatable bonds is 1. The van der Waals surface area contributed by atoms with Crippen LogP contribution >= 0.6 is 0 Å². The van der Waals surface area contributed by atoms with Gasteiger partial charge in [0.15, 0.2) is 0 Å². The van der Waals surface area contributed by atoms with Crippen LogP contribution in [0.5, 0.6) is 0 Å². The van der Waals surface area contributed by atoms with Crippen LogP contribution in [-0.4, -0.2) is 26.6 Å². The van der Waals surface area contributed by atoms with Crippen LogP contribution in [0.1, 0.15) is 12.0 Å². The number of nitrogens with one attached hydrogen (secondary N) is 1. The van der Waals surface area contributed by atoms with Crippen molar-refractivity contribution in [3.05, 3.63) is 29.8 Å². The van der Waals surface area contributed by atoms with Crippen LogP contribution in [0.4, 0.5) is 10.5 Å². The van der Waals surface area contributed by atoms with E-state index >= 15 is 0 Å². The van der Waals surface area contributed by atoms with Gasteiger partial charge in [-0.2, -0.15) is 0 Å². The van der Waals surface area contributed by atoms with E-state index < -0.39 is 8.07 Å². The van der Waals surface area contributed by atoms with Crippen molar-refractivity contribution >= 4 is 25.7 Å². The average Bonchev–Trinajstić information content (AvgIpc) is 2.36. The second-order valence-corrected chi connectivity index (χ2v) is 10.6. The Morgan fingerprint density at radius 2 is 2.00 bits per heavy atom. The maximum Gasteiger partial charge on any atom is 0.328 e. The van der Waals surface area contributed by atoms with Gasteiger partial charge in [0.2, 0.25) is 5.91 Å². The Balaban J connectivity index is 2.23. The summed E-state index contributed by atoms with van der Waals surface area (Å²) < 4.78 is 0. The van der Waals surface area contributed by atoms with Gasteiger partial charge in [0.05, 0.1) is 0 Å². The molecule has 0 bridgehead atoms. The van der Waals surface area contributed by atoms with Crippen LogP contribution < -0.4 is 10.2 Å². The molecule has 3 amide bonds. The van der Waals surface area contributed by atoms with Crippen molar-refractivity contribution in [1.82, 2.24) is 5.32 Å². The first-order valence-electron chi connectivity index (χ1n) is 6.60. The Labute approximate surface area is 120 Å². The largest absolute Gasteiger partial charge is 0.328 e. The molecular formula is C15H18N2O2Si. The monoisotopic (exact) mass is 286 g/mol. The van der Waals surface area contributed by atoms with Crippen LogP contribution in [0.3, 0.4) is 0 Å². The summed E-state index contributed by atoms with van der Waals surface area (Å²) in [5, 5.41) is 2.32. The fraction of sp³-hybridized carbons (Fsp3) is 0.333. The third-order valence-electron chi connectivity index (χ3n) is 2.79. The molecule has 104 valence electrons. The maximum absolute atomic E-state index is 11.8. The van der Waals surface area contributed by atoms with E-state index in [2.05, 4.69) is 36.4 Å². The van der Waals surface area contributed by atoms with Gasteiger partial charge >= 0.3 is 6.03 Å². The number of nitrogens with zero attached hydrogens (tertiary/aromatic N) is 1. The number of anilines is 1. The second kappa shape index (κ2) is 5.51. The van der Waals surface area contributed by atoms with E-state index in [1.54, 1.807) is 4.90 Å². The van der Waals surface area contributed by atoms with Crippen LogP contribution in [0.25, 0.3) is 0 Å². The molecule has 1 saturated heterocycles. The summed E-state index contributed by atoms with van der Waals surface area (Å²) >= 11 is 0. The van der Waals surface area contributed by atoms with Gasteiger partial charge in [-0.15, -0.1) is 5.54 Å². The Bertz CT molecular complexity index is 608. The summed E-state index contributed by atoms with van der Waals surface area (Å²) in [6, 6.07) is 7.20. The molecule has 0 aromatic heterocycles. The molecule has 0 atom stereocenters. The number of hydrogen-bond donors (Lipinski definition) is 1. The molecule has 1 aromatic carbocycles. The lowest BCUT2D eigenvalue weighted by molar-refractivity contribution is -0.120. The molecule has 5 heteroatoms. The zero-order valence-corrected chi connectivity index (χ0v) is 13.0. The Morgan fingerprint density at radius 3 is 2.65 bits per heavy atom. The third kappa shape index (κ3) is 3.72. The highest BCUT2D eigenvalue weighted by molar-refractivity contribution is 6.83. The van der Waals surface area contributed by atoms with Crippen LogP contribution in [0.15, 0.2) is 24.3 Å². The molecule has 2 rings (SSSR count). The molecule has 1 fully saturated rings. The first-order chi connectivity index (χ1) is 9.35. The van der Waals surface area contributed by atoms with Gasteiger partial charge in [0.25, 0.3) is 0 Å². The SMILES string of the molecule is C[Si](C)(C)C#Cc1cccc(N2CCC(=O)NC2=O)c1. The van der Waals surface area contributed by atoms with E-state index in [9.17, 15) is 9.59 Å². The number of carbonyl (C=O) groups is 2. The normalized spacial score (nSPS) is 15.4. The van der Waals surface area contributed by atoms with Crippen molar-refractivity contribution in [2.45, 2.75) is 26.1 Å². The van der Waals surface area contributed by atoms with Gasteiger partial charge in [0.1, 0.15) is 8.07 Å². The minimum Gasteiger partial charge on any atom is -0.294 e. The molecule has 1 aromatic rings. The molecule has 0 saturated carbocycles. The van der Waals surface area contributed by atoms with Crippen molar-refractivity contribution in [2.24, 2.45) is 0 Å². The molecule has 0 unspecified atom stereocenters. The Morgan fingerprint density at radius 1 is 1.25 bits per heavy atom. The zero-order valence-electron chi connectivity index (χ0n) is 12.0. The summed E-state index contributed by atoms with van der Waals surface area (Å²) in [7, 11) is -1.42. The number of benzene rings is 1. The standard InChI is InChI=1S/C15H18N2O2Si/c1-20(2,3)10-8-12-5-4-6-13(11-12)17-9-7-14(18)16-15(17)19/h4-6,11H,7,9H2,1-3H3,(H,16,18,19). The van der Waals surface area contributed by atoms with Gasteiger partial charge in [0, 0.05) is 24.2 Å². The van der Waals surface area contributed by atoms with E-state index in [0.29, 0.717) is 13.0 Å². The minimum atomic E-state index is -1.42. The van der Waals surface area contributed by atoms with Crippen molar-refractivity contribution in [3.8, 4) is 11.5 Å². The Kier molecular flexibility index (Phi) is 3.95. The van der Waals surface area contributed by atoms with E-state index in [0.717, 1.165) is 11.3 Å². The minimum absolute atomic E-state index is 0.221. The third-order valence-corrected chi connectivity index (χ3v) is 3.67. The van der Waals surface area contributed by atoms with Crippen molar-refractivity contribution in [1.29, 1.82) is 0 Å². The average molecular weight is 286 g/mol. The predicted octanol–water partition coefficient (Wildman–Crippen LogP) is 2.36. The van der Waals surface area contributed by atoms with Crippen molar-refractivity contribution < 1.29 is 9.59 Å². The van der Waals surface area contributed by atoms with Crippen LogP contribution in [-0.2, 0) is 4.79 Å². The highest BCUT2D eigenvalue weighted by Gasteiger charge is 2.24. The van der Waals surface area contributed by atoms with Gasteiger partial charge in [-0.25, -0.2) is 4.79 Å². The van der Waals surface area contributed by atoms with Gasteiger partial charge < -0.3 is 0 Å². The molecule has 4 nitrogen and oxygen atoms in total. The highest BCUT2D eigenvalue weighted by Crippen LogP contribution is 2.18. The smallest absolute Gasteiger partial charge is 0.294 e. The molecule has 1 aliphatic heterocycles. The molecule has 0 aliphatic carbocycles. The van der Waals surface area contributed by atoms with Crippen molar-refractivity contribution in [2.75, 3.05) is 11.4 Å². The first-order valence-corrected chi connectivity index (χ1v) is 10.1. The second-order valence-electron chi connectivity index (χ2n) is 5.81. The molecule has 1 aliphatic rings. The quantitative estimate of drug-likeness (QED) is 0.636. The fourth-order valence-corrected chi connectivity index (χ4v) is 2.34. The van der Waals surface area contributed by atoms with E-state index in [1.165, 1.54) is 0 Å². The molecule has 1 heterocycles. The lowest BCUT2D eigenvalue weighted by Crippen LogP contribution is -2.49. The summed E-state index contributed by atoms with van der Waals surface area (Å²) in [5.74, 6) is 2.95. The topological polar surface area (TPSA) is 49.4 Å². The van der Waals surface area contributed by atoms with Crippen molar-refractivity contribution in [3.63, 3.8) is 0 Å². The number of urea groups is 1. The molecular weight excluding hydrogens is 268 g/mol.